The van der Waals surface area contributed by atoms with Gasteiger partial charge in [0.25, 0.3) is 5.69 Å². The first-order valence-corrected chi connectivity index (χ1v) is 12.0. The van der Waals surface area contributed by atoms with Crippen LogP contribution in [0.25, 0.3) is 10.9 Å². The largest absolute Gasteiger partial charge is 0.387 e. The van der Waals surface area contributed by atoms with Gasteiger partial charge in [0.1, 0.15) is 0 Å². The maximum atomic E-state index is 11.7. The third kappa shape index (κ3) is 3.77. The van der Waals surface area contributed by atoms with Crippen molar-refractivity contribution in [1.29, 1.82) is 0 Å². The lowest BCUT2D eigenvalue weighted by molar-refractivity contribution is -0.384. The maximum absolute atomic E-state index is 11.7. The van der Waals surface area contributed by atoms with Crippen molar-refractivity contribution in [3.8, 4) is 0 Å². The first-order chi connectivity index (χ1) is 17.6. The lowest BCUT2D eigenvalue weighted by Crippen LogP contribution is -2.47. The Hall–Kier alpha value is -4.26. The Bertz CT molecular complexity index is 1510. The van der Waals surface area contributed by atoms with Crippen molar-refractivity contribution in [3.63, 3.8) is 0 Å². The van der Waals surface area contributed by atoms with Crippen molar-refractivity contribution >= 4 is 16.6 Å². The van der Waals surface area contributed by atoms with Crippen molar-refractivity contribution in [2.75, 3.05) is 0 Å². The van der Waals surface area contributed by atoms with E-state index in [1.165, 1.54) is 12.1 Å². The smallest absolute Gasteiger partial charge is 0.269 e. The molecular formula is C30H25N3O3. The molecule has 0 bridgehead atoms. The van der Waals surface area contributed by atoms with Crippen molar-refractivity contribution in [2.24, 2.45) is 0 Å². The third-order valence-electron chi connectivity index (χ3n) is 7.17. The van der Waals surface area contributed by atoms with Crippen LogP contribution in [0.5, 0.6) is 0 Å². The van der Waals surface area contributed by atoms with E-state index in [0.29, 0.717) is 0 Å². The van der Waals surface area contributed by atoms with Gasteiger partial charge in [-0.25, -0.2) is 0 Å². The second-order valence-corrected chi connectivity index (χ2v) is 9.22. The number of hydrogen-bond donors (Lipinski definition) is 3. The number of hydrogen-bond acceptors (Lipinski definition) is 4. The summed E-state index contributed by atoms with van der Waals surface area (Å²) in [5.41, 5.74) is 6.06. The summed E-state index contributed by atoms with van der Waals surface area (Å²) in [5, 5.41) is 27.8. The molecule has 4 aromatic carbocycles. The standard InChI is InChI=1S/C30H25N3O3/c34-30(21-11-5-2-6-12-21)29-25(19-9-3-1-4-10-19)26-23-13-7-8-14-24(23)31-28(26)27(32-29)20-15-17-22(18-16-20)33(35)36/h1-18,25,27,29-32,34H/t25-,27+,29+,30+/m1/s1. The molecule has 1 aliphatic rings. The van der Waals surface area contributed by atoms with Gasteiger partial charge in [-0.1, -0.05) is 91.0 Å². The number of non-ortho nitro benzene ring substituents is 1. The average Bonchev–Trinajstić information content (AvgIpc) is 3.32. The van der Waals surface area contributed by atoms with Crippen LogP contribution < -0.4 is 5.32 Å². The molecule has 6 nitrogen and oxygen atoms in total. The normalized spacial score (nSPS) is 20.1. The zero-order valence-corrected chi connectivity index (χ0v) is 19.4. The average molecular weight is 476 g/mol. The van der Waals surface area contributed by atoms with E-state index in [0.717, 1.165) is 38.9 Å². The SMILES string of the molecule is O=[N+]([O-])c1ccc([C@@H]2N[C@H]([C@@H](O)c3ccccc3)[C@H](c3ccccc3)c3c2[nH]c2ccccc32)cc1. The number of rotatable bonds is 5. The van der Waals surface area contributed by atoms with Crippen molar-refractivity contribution in [2.45, 2.75) is 24.1 Å². The summed E-state index contributed by atoms with van der Waals surface area (Å²) in [6.07, 6.45) is -0.779. The fraction of sp³-hybridized carbons (Fsp3) is 0.133. The lowest BCUT2D eigenvalue weighted by atomic mass is 9.75. The zero-order valence-electron chi connectivity index (χ0n) is 19.4. The molecule has 6 rings (SSSR count). The molecule has 0 unspecified atom stereocenters. The molecule has 4 atom stereocenters. The van der Waals surface area contributed by atoms with Gasteiger partial charge < -0.3 is 10.1 Å². The summed E-state index contributed by atoms with van der Waals surface area (Å²) in [5.74, 6) is -0.123. The molecule has 3 N–H and O–H groups in total. The van der Waals surface area contributed by atoms with Crippen LogP contribution in [0.4, 0.5) is 5.69 Å². The molecule has 0 amide bonds. The Balaban J connectivity index is 1.57. The van der Waals surface area contributed by atoms with Crippen molar-refractivity contribution in [3.05, 3.63) is 147 Å². The molecule has 0 spiro atoms. The van der Waals surface area contributed by atoms with E-state index in [9.17, 15) is 15.2 Å². The number of aromatic nitrogens is 1. The van der Waals surface area contributed by atoms with Gasteiger partial charge in [0, 0.05) is 40.7 Å². The first kappa shape index (κ1) is 22.2. The predicted molar refractivity (Wildman–Crippen MR) is 140 cm³/mol. The number of aliphatic hydroxyl groups is 1. The van der Waals surface area contributed by atoms with Crippen LogP contribution in [-0.4, -0.2) is 21.1 Å². The fourth-order valence-corrected chi connectivity index (χ4v) is 5.52. The van der Waals surface area contributed by atoms with E-state index >= 15 is 0 Å². The van der Waals surface area contributed by atoms with Gasteiger partial charge in [0.2, 0.25) is 0 Å². The van der Waals surface area contributed by atoms with E-state index < -0.39 is 6.10 Å². The van der Waals surface area contributed by atoms with Crippen molar-refractivity contribution < 1.29 is 10.0 Å². The number of aliphatic hydroxyl groups excluding tert-OH is 1. The van der Waals surface area contributed by atoms with E-state index in [4.69, 9.17) is 0 Å². The summed E-state index contributed by atoms with van der Waals surface area (Å²) >= 11 is 0. The Morgan fingerprint density at radius 2 is 1.42 bits per heavy atom. The number of H-pyrrole nitrogens is 1. The van der Waals surface area contributed by atoms with Crippen LogP contribution in [0.3, 0.4) is 0 Å². The van der Waals surface area contributed by atoms with Gasteiger partial charge in [-0.3, -0.25) is 15.4 Å². The molecule has 178 valence electrons. The highest BCUT2D eigenvalue weighted by Gasteiger charge is 2.42. The van der Waals surface area contributed by atoms with E-state index in [-0.39, 0.29) is 28.6 Å². The van der Waals surface area contributed by atoms with Gasteiger partial charge in [-0.15, -0.1) is 0 Å². The minimum Gasteiger partial charge on any atom is -0.387 e. The number of benzene rings is 4. The summed E-state index contributed by atoms with van der Waals surface area (Å²) in [4.78, 5) is 14.5. The zero-order chi connectivity index (χ0) is 24.6. The number of nitro groups is 1. The number of nitro benzene ring substituents is 1. The van der Waals surface area contributed by atoms with Gasteiger partial charge in [0.15, 0.2) is 0 Å². The number of fused-ring (bicyclic) bond motifs is 3. The summed E-state index contributed by atoms with van der Waals surface area (Å²) in [6.45, 7) is 0. The molecule has 36 heavy (non-hydrogen) atoms. The molecule has 1 aromatic heterocycles. The minimum absolute atomic E-state index is 0.0504. The van der Waals surface area contributed by atoms with Gasteiger partial charge in [-0.2, -0.15) is 0 Å². The van der Waals surface area contributed by atoms with Gasteiger partial charge >= 0.3 is 0 Å². The maximum Gasteiger partial charge on any atom is 0.269 e. The fourth-order valence-electron chi connectivity index (χ4n) is 5.52. The predicted octanol–water partition coefficient (Wildman–Crippen LogP) is 6.00. The van der Waals surface area contributed by atoms with Crippen LogP contribution >= 0.6 is 0 Å². The molecule has 0 aliphatic carbocycles. The van der Waals surface area contributed by atoms with Crippen LogP contribution in [0.2, 0.25) is 0 Å². The van der Waals surface area contributed by atoms with Crippen LogP contribution in [0, 0.1) is 10.1 Å². The summed E-state index contributed by atoms with van der Waals surface area (Å²) in [7, 11) is 0. The van der Waals surface area contributed by atoms with Gasteiger partial charge in [0.05, 0.1) is 17.1 Å². The summed E-state index contributed by atoms with van der Waals surface area (Å²) < 4.78 is 0. The highest BCUT2D eigenvalue weighted by Crippen LogP contribution is 2.47. The highest BCUT2D eigenvalue weighted by molar-refractivity contribution is 5.87. The molecule has 5 aromatic rings. The second-order valence-electron chi connectivity index (χ2n) is 9.22. The topological polar surface area (TPSA) is 91.2 Å². The Kier molecular flexibility index (Phi) is 5.60. The molecule has 2 heterocycles. The van der Waals surface area contributed by atoms with E-state index in [2.05, 4.69) is 34.6 Å². The number of nitrogens with zero attached hydrogens (tertiary/aromatic N) is 1. The van der Waals surface area contributed by atoms with Crippen LogP contribution in [0.15, 0.2) is 109 Å². The molecule has 6 heteroatoms. The molecule has 0 saturated carbocycles. The second kappa shape index (κ2) is 9.07. The van der Waals surface area contributed by atoms with Crippen molar-refractivity contribution in [1.82, 2.24) is 10.3 Å². The number of para-hydroxylation sites is 1. The van der Waals surface area contributed by atoms with E-state index in [1.807, 2.05) is 60.7 Å². The lowest BCUT2D eigenvalue weighted by Gasteiger charge is -2.41. The minimum atomic E-state index is -0.779. The first-order valence-electron chi connectivity index (χ1n) is 12.0. The van der Waals surface area contributed by atoms with E-state index in [1.54, 1.807) is 12.1 Å². The summed E-state index contributed by atoms with van der Waals surface area (Å²) in [6, 6.07) is 34.2. The monoisotopic (exact) mass is 475 g/mol. The van der Waals surface area contributed by atoms with Crippen LogP contribution in [0.1, 0.15) is 46.0 Å². The Labute approximate surface area is 208 Å². The highest BCUT2D eigenvalue weighted by atomic mass is 16.6. The number of aromatic amines is 1. The third-order valence-corrected chi connectivity index (χ3v) is 7.17. The molecule has 0 fully saturated rings. The molecular weight excluding hydrogens is 450 g/mol. The quantitative estimate of drug-likeness (QED) is 0.215. The Morgan fingerprint density at radius 3 is 2.11 bits per heavy atom. The molecule has 0 radical (unpaired) electrons. The van der Waals surface area contributed by atoms with Crippen LogP contribution in [-0.2, 0) is 0 Å². The number of nitrogens with one attached hydrogen (secondary N) is 2. The van der Waals surface area contributed by atoms with Gasteiger partial charge in [-0.05, 0) is 28.3 Å². The molecule has 0 saturated heterocycles. The molecule has 1 aliphatic heterocycles. The Morgan fingerprint density at radius 1 is 0.778 bits per heavy atom.